The fourth-order valence-electron chi connectivity index (χ4n) is 2.83. The number of fused-ring (bicyclic) bond motifs is 1. The number of carboxylic acids is 1. The summed E-state index contributed by atoms with van der Waals surface area (Å²) in [6.07, 6.45) is 0.606. The molecule has 1 aliphatic heterocycles. The van der Waals surface area contributed by atoms with Crippen LogP contribution in [0, 0.1) is 5.92 Å². The predicted octanol–water partition coefficient (Wildman–Crippen LogP) is 1.57. The Hall–Kier alpha value is -1.88. The summed E-state index contributed by atoms with van der Waals surface area (Å²) in [5.41, 5.74) is 7.64. The van der Waals surface area contributed by atoms with E-state index in [0.29, 0.717) is 18.9 Å². The van der Waals surface area contributed by atoms with Crippen LogP contribution in [0.4, 0.5) is 0 Å². The van der Waals surface area contributed by atoms with Crippen molar-refractivity contribution in [2.24, 2.45) is 11.7 Å². The van der Waals surface area contributed by atoms with Crippen molar-refractivity contribution in [1.82, 2.24) is 4.90 Å². The largest absolute Gasteiger partial charge is 0.481 e. The minimum absolute atomic E-state index is 0.163. The van der Waals surface area contributed by atoms with Crippen LogP contribution in [0.1, 0.15) is 37.3 Å². The Labute approximate surface area is 124 Å². The lowest BCUT2D eigenvalue weighted by atomic mass is 9.89. The molecule has 0 aromatic heterocycles. The number of carbonyl (C=O) groups excluding carboxylic acids is 1. The van der Waals surface area contributed by atoms with Crippen molar-refractivity contribution >= 4 is 11.9 Å². The van der Waals surface area contributed by atoms with Gasteiger partial charge in [-0.3, -0.25) is 9.59 Å². The number of hydrogen-bond donors (Lipinski definition) is 2. The van der Waals surface area contributed by atoms with Crippen molar-refractivity contribution in [1.29, 1.82) is 0 Å². The molecule has 0 spiro atoms. The van der Waals surface area contributed by atoms with Gasteiger partial charge in [0.05, 0.1) is 12.0 Å². The van der Waals surface area contributed by atoms with Crippen molar-refractivity contribution in [2.45, 2.75) is 38.8 Å². The van der Waals surface area contributed by atoms with Gasteiger partial charge in [-0.05, 0) is 23.5 Å². The highest BCUT2D eigenvalue weighted by Crippen LogP contribution is 2.29. The molecule has 3 N–H and O–H groups in total. The van der Waals surface area contributed by atoms with Crippen LogP contribution in [0.5, 0.6) is 0 Å². The van der Waals surface area contributed by atoms with Gasteiger partial charge >= 0.3 is 5.97 Å². The van der Waals surface area contributed by atoms with Gasteiger partial charge in [-0.25, -0.2) is 0 Å². The third kappa shape index (κ3) is 3.42. The second kappa shape index (κ2) is 6.26. The molecule has 1 aromatic carbocycles. The monoisotopic (exact) mass is 290 g/mol. The molecule has 0 saturated heterocycles. The molecule has 1 heterocycles. The molecule has 0 bridgehead atoms. The van der Waals surface area contributed by atoms with Crippen LogP contribution < -0.4 is 5.73 Å². The molecular weight excluding hydrogens is 268 g/mol. The number of nitrogens with zero attached hydrogens (tertiary/aromatic N) is 1. The van der Waals surface area contributed by atoms with E-state index in [2.05, 4.69) is 0 Å². The standard InChI is InChI=1S/C16H22N2O3/c1-10(2)7-14(17)15(19)18-8-11-5-3-4-6-12(11)13(9-18)16(20)21/h3-6,10,13-14H,7-9,17H2,1-2H3,(H,20,21). The average molecular weight is 290 g/mol. The molecule has 1 aromatic rings. The summed E-state index contributed by atoms with van der Waals surface area (Å²) in [6.45, 7) is 4.65. The first-order valence-corrected chi connectivity index (χ1v) is 7.25. The number of rotatable bonds is 4. The van der Waals surface area contributed by atoms with Gasteiger partial charge in [0.25, 0.3) is 0 Å². The molecule has 1 aliphatic rings. The zero-order chi connectivity index (χ0) is 15.6. The third-order valence-electron chi connectivity index (χ3n) is 3.85. The molecule has 2 atom stereocenters. The SMILES string of the molecule is CC(C)CC(N)C(=O)N1Cc2ccccc2C(C(=O)O)C1. The summed E-state index contributed by atoms with van der Waals surface area (Å²) in [5.74, 6) is -1.41. The second-order valence-electron chi connectivity index (χ2n) is 6.04. The van der Waals surface area contributed by atoms with Crippen LogP contribution in [-0.2, 0) is 16.1 Å². The van der Waals surface area contributed by atoms with Gasteiger partial charge in [0.1, 0.15) is 0 Å². The van der Waals surface area contributed by atoms with Crippen molar-refractivity contribution in [3.05, 3.63) is 35.4 Å². The summed E-state index contributed by atoms with van der Waals surface area (Å²) in [6, 6.07) is 6.82. The molecule has 1 amide bonds. The zero-order valence-corrected chi connectivity index (χ0v) is 12.5. The van der Waals surface area contributed by atoms with Crippen LogP contribution in [0.3, 0.4) is 0 Å². The molecule has 0 aliphatic carbocycles. The molecule has 5 nitrogen and oxygen atoms in total. The number of benzene rings is 1. The Morgan fingerprint density at radius 3 is 2.67 bits per heavy atom. The van der Waals surface area contributed by atoms with E-state index in [9.17, 15) is 14.7 Å². The normalized spacial score (nSPS) is 19.2. The Balaban J connectivity index is 2.21. The van der Waals surface area contributed by atoms with E-state index in [1.807, 2.05) is 38.1 Å². The second-order valence-corrected chi connectivity index (χ2v) is 6.04. The Morgan fingerprint density at radius 1 is 1.38 bits per heavy atom. The van der Waals surface area contributed by atoms with Gasteiger partial charge in [0.2, 0.25) is 5.91 Å². The predicted molar refractivity (Wildman–Crippen MR) is 79.7 cm³/mol. The summed E-state index contributed by atoms with van der Waals surface area (Å²) in [7, 11) is 0. The van der Waals surface area contributed by atoms with Crippen molar-refractivity contribution < 1.29 is 14.7 Å². The molecule has 0 saturated carbocycles. The summed E-state index contributed by atoms with van der Waals surface area (Å²) in [4.78, 5) is 25.5. The average Bonchev–Trinajstić information content (AvgIpc) is 2.44. The van der Waals surface area contributed by atoms with Crippen LogP contribution in [-0.4, -0.2) is 34.5 Å². The summed E-state index contributed by atoms with van der Waals surface area (Å²) >= 11 is 0. The fraction of sp³-hybridized carbons (Fsp3) is 0.500. The molecule has 2 unspecified atom stereocenters. The lowest BCUT2D eigenvalue weighted by molar-refractivity contribution is -0.141. The lowest BCUT2D eigenvalue weighted by Gasteiger charge is -2.34. The van der Waals surface area contributed by atoms with E-state index in [4.69, 9.17) is 5.73 Å². The summed E-state index contributed by atoms with van der Waals surface area (Å²) < 4.78 is 0. The van der Waals surface area contributed by atoms with Crippen molar-refractivity contribution in [3.63, 3.8) is 0 Å². The highest BCUT2D eigenvalue weighted by atomic mass is 16.4. The molecule has 5 heteroatoms. The highest BCUT2D eigenvalue weighted by Gasteiger charge is 2.33. The topological polar surface area (TPSA) is 83.6 Å². The smallest absolute Gasteiger partial charge is 0.312 e. The number of carboxylic acid groups (broad SMARTS) is 1. The van der Waals surface area contributed by atoms with Gasteiger partial charge < -0.3 is 15.7 Å². The van der Waals surface area contributed by atoms with Gasteiger partial charge in [-0.15, -0.1) is 0 Å². The van der Waals surface area contributed by atoms with E-state index in [-0.39, 0.29) is 12.5 Å². The van der Waals surface area contributed by atoms with E-state index < -0.39 is 17.9 Å². The van der Waals surface area contributed by atoms with Crippen LogP contribution in [0.2, 0.25) is 0 Å². The van der Waals surface area contributed by atoms with Crippen LogP contribution in [0.15, 0.2) is 24.3 Å². The number of carbonyl (C=O) groups is 2. The van der Waals surface area contributed by atoms with E-state index in [0.717, 1.165) is 11.1 Å². The van der Waals surface area contributed by atoms with Crippen molar-refractivity contribution in [3.8, 4) is 0 Å². The van der Waals surface area contributed by atoms with E-state index in [1.165, 1.54) is 0 Å². The summed E-state index contributed by atoms with van der Waals surface area (Å²) in [5, 5.41) is 9.40. The maximum atomic E-state index is 12.4. The number of amides is 1. The highest BCUT2D eigenvalue weighted by molar-refractivity contribution is 5.84. The van der Waals surface area contributed by atoms with Gasteiger partial charge in [0, 0.05) is 13.1 Å². The molecule has 21 heavy (non-hydrogen) atoms. The first-order chi connectivity index (χ1) is 9.90. The maximum absolute atomic E-state index is 12.4. The zero-order valence-electron chi connectivity index (χ0n) is 12.5. The molecular formula is C16H22N2O3. The first kappa shape index (κ1) is 15.5. The van der Waals surface area contributed by atoms with Gasteiger partial charge in [-0.2, -0.15) is 0 Å². The van der Waals surface area contributed by atoms with E-state index in [1.54, 1.807) is 4.90 Å². The number of aliphatic carboxylic acids is 1. The Kier molecular flexibility index (Phi) is 4.63. The van der Waals surface area contributed by atoms with Gasteiger partial charge in [0.15, 0.2) is 0 Å². The first-order valence-electron chi connectivity index (χ1n) is 7.25. The fourth-order valence-corrected chi connectivity index (χ4v) is 2.83. The minimum atomic E-state index is -0.905. The Morgan fingerprint density at radius 2 is 2.05 bits per heavy atom. The Bertz CT molecular complexity index is 542. The quantitative estimate of drug-likeness (QED) is 0.881. The van der Waals surface area contributed by atoms with E-state index >= 15 is 0 Å². The van der Waals surface area contributed by atoms with Crippen LogP contribution >= 0.6 is 0 Å². The molecule has 114 valence electrons. The number of hydrogen-bond acceptors (Lipinski definition) is 3. The molecule has 0 fully saturated rings. The number of nitrogens with two attached hydrogens (primary N) is 1. The minimum Gasteiger partial charge on any atom is -0.481 e. The third-order valence-corrected chi connectivity index (χ3v) is 3.85. The molecule has 0 radical (unpaired) electrons. The van der Waals surface area contributed by atoms with Crippen molar-refractivity contribution in [2.75, 3.05) is 6.54 Å². The lowest BCUT2D eigenvalue weighted by Crippen LogP contribution is -2.48. The maximum Gasteiger partial charge on any atom is 0.312 e. The van der Waals surface area contributed by atoms with Gasteiger partial charge in [-0.1, -0.05) is 38.1 Å². The molecule has 2 rings (SSSR count). The van der Waals surface area contributed by atoms with Crippen LogP contribution in [0.25, 0.3) is 0 Å².